The van der Waals surface area contributed by atoms with Gasteiger partial charge in [-0.05, 0) is 52.3 Å². The molecule has 2 rings (SSSR count). The van der Waals surface area contributed by atoms with Crippen molar-refractivity contribution in [3.8, 4) is 0 Å². The standard InChI is InChI=1S/C12H7BrClNO2S/c13-11-6-5-10(7-12(11)15(16)17)18-9-3-1-8(14)2-4-9/h1-7H. The van der Waals surface area contributed by atoms with Gasteiger partial charge in [-0.15, -0.1) is 0 Å². The molecule has 0 saturated carbocycles. The highest BCUT2D eigenvalue weighted by Crippen LogP contribution is 2.34. The first-order chi connectivity index (χ1) is 8.56. The Morgan fingerprint density at radius 2 is 1.72 bits per heavy atom. The maximum absolute atomic E-state index is 10.8. The van der Waals surface area contributed by atoms with E-state index in [9.17, 15) is 10.1 Å². The molecule has 0 aromatic heterocycles. The minimum Gasteiger partial charge on any atom is -0.258 e. The Morgan fingerprint density at radius 1 is 1.11 bits per heavy atom. The summed E-state index contributed by atoms with van der Waals surface area (Å²) >= 11 is 10.4. The highest BCUT2D eigenvalue weighted by Gasteiger charge is 2.12. The van der Waals surface area contributed by atoms with Crippen LogP contribution >= 0.6 is 39.3 Å². The molecule has 92 valence electrons. The molecule has 0 atom stereocenters. The van der Waals surface area contributed by atoms with E-state index in [2.05, 4.69) is 15.9 Å². The molecule has 0 fully saturated rings. The number of nitro benzene ring substituents is 1. The van der Waals surface area contributed by atoms with Crippen LogP contribution in [0, 0.1) is 10.1 Å². The summed E-state index contributed by atoms with van der Waals surface area (Å²) in [6.07, 6.45) is 0. The second-order valence-corrected chi connectivity index (χ2v) is 5.86. The molecule has 0 saturated heterocycles. The Labute approximate surface area is 121 Å². The van der Waals surface area contributed by atoms with Crippen molar-refractivity contribution in [1.29, 1.82) is 0 Å². The second-order valence-electron chi connectivity index (χ2n) is 3.43. The van der Waals surface area contributed by atoms with E-state index in [0.717, 1.165) is 9.79 Å². The van der Waals surface area contributed by atoms with Gasteiger partial charge >= 0.3 is 0 Å². The maximum atomic E-state index is 10.8. The van der Waals surface area contributed by atoms with Gasteiger partial charge in [0.1, 0.15) is 0 Å². The van der Waals surface area contributed by atoms with Gasteiger partial charge in [-0.25, -0.2) is 0 Å². The number of benzene rings is 2. The molecular formula is C12H7BrClNO2S. The van der Waals surface area contributed by atoms with Crippen molar-refractivity contribution < 1.29 is 4.92 Å². The normalized spacial score (nSPS) is 10.3. The van der Waals surface area contributed by atoms with E-state index in [-0.39, 0.29) is 5.69 Å². The van der Waals surface area contributed by atoms with Crippen LogP contribution in [0.1, 0.15) is 0 Å². The van der Waals surface area contributed by atoms with Gasteiger partial charge in [0.25, 0.3) is 5.69 Å². The monoisotopic (exact) mass is 343 g/mol. The molecule has 0 aliphatic heterocycles. The number of hydrogen-bond acceptors (Lipinski definition) is 3. The van der Waals surface area contributed by atoms with E-state index in [1.807, 2.05) is 18.2 Å². The third-order valence-corrected chi connectivity index (χ3v) is 4.08. The molecule has 2 aromatic rings. The highest BCUT2D eigenvalue weighted by atomic mass is 79.9. The van der Waals surface area contributed by atoms with Crippen LogP contribution in [-0.2, 0) is 0 Å². The number of nitro groups is 1. The van der Waals surface area contributed by atoms with Gasteiger partial charge in [-0.2, -0.15) is 0 Å². The summed E-state index contributed by atoms with van der Waals surface area (Å²) < 4.78 is 0.480. The Morgan fingerprint density at radius 3 is 2.33 bits per heavy atom. The fraction of sp³-hybridized carbons (Fsp3) is 0. The summed E-state index contributed by atoms with van der Waals surface area (Å²) in [5.41, 5.74) is 0.0639. The van der Waals surface area contributed by atoms with Crippen molar-refractivity contribution in [3.05, 3.63) is 62.1 Å². The van der Waals surface area contributed by atoms with Crippen molar-refractivity contribution in [2.24, 2.45) is 0 Å². The van der Waals surface area contributed by atoms with Crippen molar-refractivity contribution in [3.63, 3.8) is 0 Å². The van der Waals surface area contributed by atoms with Crippen LogP contribution in [0.2, 0.25) is 5.02 Å². The minimum absolute atomic E-state index is 0.0639. The Kier molecular flexibility index (Phi) is 4.27. The van der Waals surface area contributed by atoms with Gasteiger partial charge in [-0.1, -0.05) is 23.4 Å². The second kappa shape index (κ2) is 5.73. The third-order valence-electron chi connectivity index (χ3n) is 2.16. The summed E-state index contributed by atoms with van der Waals surface area (Å²) in [5.74, 6) is 0. The fourth-order valence-electron chi connectivity index (χ4n) is 1.33. The molecule has 6 heteroatoms. The van der Waals surface area contributed by atoms with Gasteiger partial charge in [0.05, 0.1) is 9.40 Å². The summed E-state index contributed by atoms with van der Waals surface area (Å²) in [5, 5.41) is 11.5. The molecular weight excluding hydrogens is 338 g/mol. The molecule has 0 aliphatic carbocycles. The van der Waals surface area contributed by atoms with Crippen LogP contribution in [0.25, 0.3) is 0 Å². The van der Waals surface area contributed by atoms with Crippen LogP contribution in [0.4, 0.5) is 5.69 Å². The molecule has 0 bridgehead atoms. The lowest BCUT2D eigenvalue weighted by molar-refractivity contribution is -0.385. The molecule has 0 unspecified atom stereocenters. The number of nitrogens with zero attached hydrogens (tertiary/aromatic N) is 1. The molecule has 0 radical (unpaired) electrons. The van der Waals surface area contributed by atoms with Gasteiger partial charge in [0.15, 0.2) is 0 Å². The Balaban J connectivity index is 2.27. The lowest BCUT2D eigenvalue weighted by atomic mass is 10.3. The average Bonchev–Trinajstić information content (AvgIpc) is 2.34. The van der Waals surface area contributed by atoms with E-state index in [1.165, 1.54) is 11.8 Å². The Hall–Kier alpha value is -1.04. The van der Waals surface area contributed by atoms with E-state index >= 15 is 0 Å². The molecule has 0 N–H and O–H groups in total. The summed E-state index contributed by atoms with van der Waals surface area (Å²) in [6, 6.07) is 12.4. The van der Waals surface area contributed by atoms with Crippen LogP contribution in [0.5, 0.6) is 0 Å². The largest absolute Gasteiger partial charge is 0.284 e. The first kappa shape index (κ1) is 13.4. The maximum Gasteiger partial charge on any atom is 0.284 e. The van der Waals surface area contributed by atoms with Crippen LogP contribution in [0.15, 0.2) is 56.7 Å². The van der Waals surface area contributed by atoms with Crippen molar-refractivity contribution in [1.82, 2.24) is 0 Å². The van der Waals surface area contributed by atoms with Crippen LogP contribution in [0.3, 0.4) is 0 Å². The fourth-order valence-corrected chi connectivity index (χ4v) is 2.70. The molecule has 18 heavy (non-hydrogen) atoms. The zero-order valence-electron chi connectivity index (χ0n) is 8.97. The van der Waals surface area contributed by atoms with Crippen LogP contribution < -0.4 is 0 Å². The first-order valence-corrected chi connectivity index (χ1v) is 6.92. The molecule has 0 amide bonds. The van der Waals surface area contributed by atoms with Crippen LogP contribution in [-0.4, -0.2) is 4.92 Å². The smallest absolute Gasteiger partial charge is 0.258 e. The highest BCUT2D eigenvalue weighted by molar-refractivity contribution is 9.10. The zero-order valence-corrected chi connectivity index (χ0v) is 12.1. The summed E-state index contributed by atoms with van der Waals surface area (Å²) in [7, 11) is 0. The van der Waals surface area contributed by atoms with Crippen molar-refractivity contribution in [2.45, 2.75) is 9.79 Å². The Bertz CT molecular complexity index is 589. The van der Waals surface area contributed by atoms with E-state index in [1.54, 1.807) is 24.3 Å². The van der Waals surface area contributed by atoms with E-state index < -0.39 is 4.92 Å². The third kappa shape index (κ3) is 3.25. The van der Waals surface area contributed by atoms with Gasteiger partial charge in [-0.3, -0.25) is 10.1 Å². The average molecular weight is 345 g/mol. The topological polar surface area (TPSA) is 43.1 Å². The lowest BCUT2D eigenvalue weighted by Crippen LogP contribution is -1.89. The molecule has 0 aliphatic rings. The van der Waals surface area contributed by atoms with Gasteiger partial charge in [0, 0.05) is 20.9 Å². The number of halogens is 2. The number of hydrogen-bond donors (Lipinski definition) is 0. The molecule has 0 spiro atoms. The number of rotatable bonds is 3. The summed E-state index contributed by atoms with van der Waals surface area (Å²) in [6.45, 7) is 0. The lowest BCUT2D eigenvalue weighted by Gasteiger charge is -2.03. The predicted octanol–water partition coefficient (Wildman–Crippen LogP) is 5.16. The predicted molar refractivity (Wildman–Crippen MR) is 76.4 cm³/mol. The van der Waals surface area contributed by atoms with E-state index in [4.69, 9.17) is 11.6 Å². The SMILES string of the molecule is O=[N+]([O-])c1cc(Sc2ccc(Cl)cc2)ccc1Br. The van der Waals surface area contributed by atoms with Gasteiger partial charge < -0.3 is 0 Å². The quantitative estimate of drug-likeness (QED) is 0.570. The zero-order chi connectivity index (χ0) is 13.1. The molecule has 0 heterocycles. The first-order valence-electron chi connectivity index (χ1n) is 4.93. The van der Waals surface area contributed by atoms with Gasteiger partial charge in [0.2, 0.25) is 0 Å². The van der Waals surface area contributed by atoms with Crippen molar-refractivity contribution in [2.75, 3.05) is 0 Å². The van der Waals surface area contributed by atoms with Crippen molar-refractivity contribution >= 4 is 45.0 Å². The van der Waals surface area contributed by atoms with E-state index in [0.29, 0.717) is 9.50 Å². The summed E-state index contributed by atoms with van der Waals surface area (Å²) in [4.78, 5) is 12.2. The molecule has 2 aromatic carbocycles. The minimum atomic E-state index is -0.407. The molecule has 3 nitrogen and oxygen atoms in total.